The van der Waals surface area contributed by atoms with Crippen molar-refractivity contribution in [3.63, 3.8) is 0 Å². The van der Waals surface area contributed by atoms with Crippen molar-refractivity contribution in [2.24, 2.45) is 0 Å². The monoisotopic (exact) mass is 323 g/mol. The van der Waals surface area contributed by atoms with Crippen LogP contribution < -0.4 is 10.1 Å². The second-order valence-electron chi connectivity index (χ2n) is 5.60. The highest BCUT2D eigenvalue weighted by atomic mass is 16.5. The molecule has 0 bridgehead atoms. The number of methoxy groups -OCH3 is 1. The molecule has 0 saturated heterocycles. The molecule has 1 aliphatic rings. The van der Waals surface area contributed by atoms with Crippen molar-refractivity contribution in [3.8, 4) is 16.9 Å². The highest BCUT2D eigenvalue weighted by molar-refractivity contribution is 5.82. The maximum atomic E-state index is 11.6. The van der Waals surface area contributed by atoms with Gasteiger partial charge >= 0.3 is 6.09 Å². The molecule has 1 aliphatic carbocycles. The van der Waals surface area contributed by atoms with Gasteiger partial charge in [0.2, 0.25) is 0 Å². The minimum atomic E-state index is -1.33. The molecule has 1 atom stereocenters. The number of carboxylic acid groups (broad SMARTS) is 1. The molecule has 0 saturated carbocycles. The van der Waals surface area contributed by atoms with Crippen molar-refractivity contribution in [1.29, 1.82) is 0 Å². The second kappa shape index (κ2) is 6.20. The van der Waals surface area contributed by atoms with Crippen molar-refractivity contribution in [2.75, 3.05) is 7.11 Å². The molecule has 0 fully saturated rings. The molecule has 0 unspecified atom stereocenters. The van der Waals surface area contributed by atoms with Gasteiger partial charge < -0.3 is 15.2 Å². The Labute approximate surface area is 139 Å². The first-order chi connectivity index (χ1) is 11.6. The van der Waals surface area contributed by atoms with Crippen molar-refractivity contribution < 1.29 is 19.4 Å². The summed E-state index contributed by atoms with van der Waals surface area (Å²) in [5, 5.41) is 11.4. The molecule has 0 heterocycles. The number of aldehydes is 1. The molecule has 5 heteroatoms. The van der Waals surface area contributed by atoms with Crippen LogP contribution in [0.4, 0.5) is 4.79 Å². The molecule has 1 amide bonds. The molecule has 2 aromatic carbocycles. The number of hydrogen-bond acceptors (Lipinski definition) is 3. The predicted molar refractivity (Wildman–Crippen MR) is 90.2 cm³/mol. The lowest BCUT2D eigenvalue weighted by atomic mass is 9.81. The van der Waals surface area contributed by atoms with E-state index in [0.29, 0.717) is 18.3 Å². The Bertz CT molecular complexity index is 828. The number of carbonyl (C=O) groups is 2. The zero-order valence-electron chi connectivity index (χ0n) is 13.2. The number of nitrogens with one attached hydrogen (secondary N) is 1. The topological polar surface area (TPSA) is 75.6 Å². The zero-order chi connectivity index (χ0) is 17.2. The van der Waals surface area contributed by atoms with E-state index in [2.05, 4.69) is 5.32 Å². The SMILES string of the molecule is COc1ccccc1-c1ccc2c(c1)CC=C[C@]2(C=O)NC(=O)O. The number of allylic oxidation sites excluding steroid dienone is 1. The Kier molecular flexibility index (Phi) is 4.08. The van der Waals surface area contributed by atoms with E-state index >= 15 is 0 Å². The van der Waals surface area contributed by atoms with E-state index in [1.54, 1.807) is 25.3 Å². The van der Waals surface area contributed by atoms with Gasteiger partial charge in [0.05, 0.1) is 7.11 Å². The minimum absolute atomic E-state index is 0.623. The highest BCUT2D eigenvalue weighted by Gasteiger charge is 2.35. The van der Waals surface area contributed by atoms with Crippen LogP contribution >= 0.6 is 0 Å². The molecule has 0 aliphatic heterocycles. The molecule has 5 nitrogen and oxygen atoms in total. The van der Waals surface area contributed by atoms with E-state index in [4.69, 9.17) is 9.84 Å². The number of para-hydroxylation sites is 1. The Morgan fingerprint density at radius 3 is 2.79 bits per heavy atom. The van der Waals surface area contributed by atoms with Crippen molar-refractivity contribution in [2.45, 2.75) is 12.0 Å². The summed E-state index contributed by atoms with van der Waals surface area (Å²) in [6.45, 7) is 0. The van der Waals surface area contributed by atoms with Gasteiger partial charge in [-0.25, -0.2) is 4.79 Å². The van der Waals surface area contributed by atoms with Crippen LogP contribution in [0.1, 0.15) is 11.1 Å². The van der Waals surface area contributed by atoms with Crippen LogP contribution in [0.2, 0.25) is 0 Å². The molecule has 2 aromatic rings. The van der Waals surface area contributed by atoms with Crippen molar-refractivity contribution >= 4 is 12.4 Å². The highest BCUT2D eigenvalue weighted by Crippen LogP contribution is 2.35. The van der Waals surface area contributed by atoms with Crippen LogP contribution in [0.25, 0.3) is 11.1 Å². The zero-order valence-corrected chi connectivity index (χ0v) is 13.2. The van der Waals surface area contributed by atoms with Gasteiger partial charge in [-0.15, -0.1) is 0 Å². The lowest BCUT2D eigenvalue weighted by molar-refractivity contribution is -0.112. The van der Waals surface area contributed by atoms with E-state index in [0.717, 1.165) is 22.4 Å². The number of hydrogen-bond donors (Lipinski definition) is 2. The summed E-state index contributed by atoms with van der Waals surface area (Å²) in [5.74, 6) is 0.758. The number of rotatable bonds is 4. The Morgan fingerprint density at radius 2 is 2.08 bits per heavy atom. The van der Waals surface area contributed by atoms with Crippen LogP contribution in [0.15, 0.2) is 54.6 Å². The molecule has 24 heavy (non-hydrogen) atoms. The van der Waals surface area contributed by atoms with Gasteiger partial charge in [-0.2, -0.15) is 0 Å². The third kappa shape index (κ3) is 2.65. The summed E-state index contributed by atoms with van der Waals surface area (Å²) >= 11 is 0. The van der Waals surface area contributed by atoms with Crippen molar-refractivity contribution in [1.82, 2.24) is 5.32 Å². The van der Waals surface area contributed by atoms with Crippen LogP contribution in [-0.2, 0) is 16.8 Å². The summed E-state index contributed by atoms with van der Waals surface area (Å²) in [6.07, 6.45) is 3.42. The summed E-state index contributed by atoms with van der Waals surface area (Å²) in [7, 11) is 1.62. The normalized spacial score (nSPS) is 18.5. The minimum Gasteiger partial charge on any atom is -0.496 e. The first-order valence-electron chi connectivity index (χ1n) is 7.51. The van der Waals surface area contributed by atoms with Crippen LogP contribution in [-0.4, -0.2) is 24.6 Å². The number of ether oxygens (including phenoxy) is 1. The summed E-state index contributed by atoms with van der Waals surface area (Å²) < 4.78 is 5.40. The molecule has 0 aromatic heterocycles. The fourth-order valence-corrected chi connectivity index (χ4v) is 3.10. The fourth-order valence-electron chi connectivity index (χ4n) is 3.10. The lowest BCUT2D eigenvalue weighted by Crippen LogP contribution is -2.46. The predicted octanol–water partition coefficient (Wildman–Crippen LogP) is 3.14. The first-order valence-corrected chi connectivity index (χ1v) is 7.51. The van der Waals surface area contributed by atoms with Crippen LogP contribution in [0, 0.1) is 0 Å². The summed E-state index contributed by atoms with van der Waals surface area (Å²) in [5.41, 5.74) is 2.12. The molecular weight excluding hydrogens is 306 g/mol. The van der Waals surface area contributed by atoms with E-state index in [1.807, 2.05) is 36.4 Å². The number of carbonyl (C=O) groups excluding carboxylic acids is 1. The smallest absolute Gasteiger partial charge is 0.405 e. The number of fused-ring (bicyclic) bond motifs is 1. The summed E-state index contributed by atoms with van der Waals surface area (Å²) in [4.78, 5) is 22.7. The van der Waals surface area contributed by atoms with Gasteiger partial charge in [0.1, 0.15) is 11.3 Å². The largest absolute Gasteiger partial charge is 0.496 e. The van der Waals surface area contributed by atoms with Gasteiger partial charge in [-0.05, 0) is 29.2 Å². The molecule has 122 valence electrons. The van der Waals surface area contributed by atoms with Gasteiger partial charge in [-0.3, -0.25) is 4.79 Å². The average Bonchev–Trinajstić information content (AvgIpc) is 2.61. The van der Waals surface area contributed by atoms with Gasteiger partial charge in [0.25, 0.3) is 0 Å². The number of benzene rings is 2. The quantitative estimate of drug-likeness (QED) is 0.669. The summed E-state index contributed by atoms with van der Waals surface area (Å²) in [6, 6.07) is 13.3. The van der Waals surface area contributed by atoms with Crippen LogP contribution in [0.3, 0.4) is 0 Å². The second-order valence-corrected chi connectivity index (χ2v) is 5.60. The average molecular weight is 323 g/mol. The maximum absolute atomic E-state index is 11.6. The third-order valence-corrected chi connectivity index (χ3v) is 4.19. The van der Waals surface area contributed by atoms with Gasteiger partial charge in [-0.1, -0.05) is 48.6 Å². The molecule has 0 spiro atoms. The van der Waals surface area contributed by atoms with E-state index in [9.17, 15) is 9.59 Å². The Morgan fingerprint density at radius 1 is 1.29 bits per heavy atom. The first kappa shape index (κ1) is 15.8. The maximum Gasteiger partial charge on any atom is 0.405 e. The van der Waals surface area contributed by atoms with Crippen molar-refractivity contribution in [3.05, 3.63) is 65.7 Å². The van der Waals surface area contributed by atoms with Crippen LogP contribution in [0.5, 0.6) is 5.75 Å². The fraction of sp³-hybridized carbons (Fsp3) is 0.158. The molecular formula is C19H17NO4. The third-order valence-electron chi connectivity index (χ3n) is 4.19. The van der Waals surface area contributed by atoms with Gasteiger partial charge in [0.15, 0.2) is 6.29 Å². The number of amides is 1. The standard InChI is InChI=1S/C19H17NO4/c1-24-17-7-3-2-6-15(17)13-8-9-16-14(11-13)5-4-10-19(16,12-21)20-18(22)23/h2-4,6-12,20H,5H2,1H3,(H,22,23)/t19-/m1/s1. The molecule has 2 N–H and O–H groups in total. The van der Waals surface area contributed by atoms with Gasteiger partial charge in [0, 0.05) is 5.56 Å². The lowest BCUT2D eigenvalue weighted by Gasteiger charge is -2.30. The Hall–Kier alpha value is -3.08. The van der Waals surface area contributed by atoms with E-state index in [1.165, 1.54) is 0 Å². The Balaban J connectivity index is 2.10. The molecule has 0 radical (unpaired) electrons. The van der Waals surface area contributed by atoms with E-state index < -0.39 is 11.6 Å². The molecule has 3 rings (SSSR count). The van der Waals surface area contributed by atoms with E-state index in [-0.39, 0.29) is 0 Å².